The van der Waals surface area contributed by atoms with Crippen LogP contribution < -0.4 is 0 Å². The van der Waals surface area contributed by atoms with Crippen molar-refractivity contribution in [3.8, 4) is 67.3 Å². The monoisotopic (exact) mass is 1620 g/mol. The van der Waals surface area contributed by atoms with Crippen LogP contribution >= 0.6 is 0 Å². The Hall–Kier alpha value is -11.7. The molecule has 14 aromatic carbocycles. The molecular formula is C120H124N4. The van der Waals surface area contributed by atoms with Crippen molar-refractivity contribution >= 4 is 87.2 Å². The summed E-state index contributed by atoms with van der Waals surface area (Å²) in [6.45, 7) is 55.9. The fourth-order valence-electron chi connectivity index (χ4n) is 19.9. The number of aromatic nitrogens is 4. The van der Waals surface area contributed by atoms with Gasteiger partial charge in [-0.05, 0) is 326 Å². The molecule has 0 N–H and O–H groups in total. The number of fused-ring (bicyclic) bond motifs is 12. The molecule has 0 saturated carbocycles. The molecule has 18 aromatic rings. The number of aryl methyl sites for hydroxylation is 4. The summed E-state index contributed by atoms with van der Waals surface area (Å²) in [4.78, 5) is 0. The van der Waals surface area contributed by atoms with Crippen LogP contribution in [0.15, 0.2) is 267 Å². The minimum atomic E-state index is 0.00194. The predicted octanol–water partition coefficient (Wildman–Crippen LogP) is 33.0. The fourth-order valence-corrected chi connectivity index (χ4v) is 19.9. The first-order chi connectivity index (χ1) is 58.5. The summed E-state index contributed by atoms with van der Waals surface area (Å²) in [5, 5.41) is 10.4. The number of rotatable bonds is 8. The fraction of sp³-hybridized carbons (Fsp3) is 0.300. The van der Waals surface area contributed by atoms with Gasteiger partial charge in [-0.2, -0.15) is 0 Å². The molecule has 4 aliphatic carbocycles. The van der Waals surface area contributed by atoms with Crippen molar-refractivity contribution < 1.29 is 0 Å². The van der Waals surface area contributed by atoms with Crippen molar-refractivity contribution in [1.29, 1.82) is 0 Å². The zero-order chi connectivity index (χ0) is 87.3. The van der Waals surface area contributed by atoms with Crippen LogP contribution in [0.1, 0.15) is 233 Å². The van der Waals surface area contributed by atoms with E-state index in [1.54, 1.807) is 0 Å². The Balaban J connectivity index is 0.784. The highest BCUT2D eigenvalue weighted by molar-refractivity contribution is 6.13. The van der Waals surface area contributed by atoms with Crippen LogP contribution in [0, 0.1) is 0 Å². The molecule has 4 nitrogen and oxygen atoms in total. The van der Waals surface area contributed by atoms with Crippen molar-refractivity contribution in [3.63, 3.8) is 0 Å². The maximum atomic E-state index is 2.60. The standard InChI is InChI=1S/C120H124N4/c1-113(2,3)81-37-53-105-97(65-81)98-66-82(114(4,5)6)38-54-106(98)121(105)89-45-29-73(30-46-89)93-61-78-27-28-80-64-95(75-33-49-91(50-34-75)123-109-57-41-85(117(13,14)15)69-101(109)102-70-86(118(16,17)18)42-58-110(102)123)79(63-96(80)76-35-51-92(52-36-76)124-111-59-43-87(119(19,20)21)71-103(111)104-72-88(120(22,23)24)44-60-112(104)124)26-25-77(93)62-94(78)74-31-47-90(48-32-74)122-107-55-39-83(115(7,8)9)67-99(107)100-68-84(116(10,11)12)40-56-108(100)122/h29-72H,25-28H2,1-24H3. The molecule has 4 bridgehead atoms. The summed E-state index contributed by atoms with van der Waals surface area (Å²) in [6, 6.07) is 106. The summed E-state index contributed by atoms with van der Waals surface area (Å²) in [6.07, 6.45) is 3.26. The Labute approximate surface area is 736 Å². The van der Waals surface area contributed by atoms with E-state index in [0.29, 0.717) is 0 Å². The van der Waals surface area contributed by atoms with Crippen molar-refractivity contribution in [3.05, 3.63) is 334 Å². The number of nitrogens with zero attached hydrogens (tertiary/aromatic N) is 4. The lowest BCUT2D eigenvalue weighted by Crippen LogP contribution is -2.10. The molecule has 0 spiro atoms. The maximum Gasteiger partial charge on any atom is 0.0541 e. The first-order valence-corrected chi connectivity index (χ1v) is 45.6. The lowest BCUT2D eigenvalue weighted by molar-refractivity contribution is 0.590. The third kappa shape index (κ3) is 14.4. The molecule has 0 radical (unpaired) electrons. The van der Waals surface area contributed by atoms with Gasteiger partial charge in [0.2, 0.25) is 0 Å². The Morgan fingerprint density at radius 2 is 0.282 bits per heavy atom. The third-order valence-corrected chi connectivity index (χ3v) is 27.7. The van der Waals surface area contributed by atoms with E-state index >= 15 is 0 Å². The Morgan fingerprint density at radius 1 is 0.153 bits per heavy atom. The Morgan fingerprint density at radius 3 is 0.403 bits per heavy atom. The van der Waals surface area contributed by atoms with Gasteiger partial charge in [-0.15, -0.1) is 0 Å². The van der Waals surface area contributed by atoms with Crippen molar-refractivity contribution in [2.45, 2.75) is 235 Å². The van der Waals surface area contributed by atoms with Crippen molar-refractivity contribution in [2.24, 2.45) is 0 Å². The first-order valence-electron chi connectivity index (χ1n) is 45.6. The molecule has 0 amide bonds. The van der Waals surface area contributed by atoms with Crippen LogP contribution in [0.3, 0.4) is 0 Å². The zero-order valence-corrected chi connectivity index (χ0v) is 78.0. The molecule has 4 aromatic heterocycles. The van der Waals surface area contributed by atoms with Crippen molar-refractivity contribution in [1.82, 2.24) is 18.3 Å². The lowest BCUT2D eigenvalue weighted by atomic mass is 9.82. The second-order valence-corrected chi connectivity index (χ2v) is 44.7. The van der Waals surface area contributed by atoms with Crippen LogP contribution in [0.4, 0.5) is 0 Å². The van der Waals surface area contributed by atoms with Gasteiger partial charge in [0.25, 0.3) is 0 Å². The van der Waals surface area contributed by atoms with E-state index < -0.39 is 0 Å². The summed E-state index contributed by atoms with van der Waals surface area (Å²) in [5.74, 6) is 0. The van der Waals surface area contributed by atoms with Gasteiger partial charge in [-0.1, -0.05) is 287 Å². The molecule has 0 unspecified atom stereocenters. The van der Waals surface area contributed by atoms with Gasteiger partial charge < -0.3 is 18.3 Å². The van der Waals surface area contributed by atoms with Crippen LogP contribution in [-0.4, -0.2) is 18.3 Å². The van der Waals surface area contributed by atoms with E-state index in [4.69, 9.17) is 0 Å². The van der Waals surface area contributed by atoms with E-state index in [1.165, 1.54) is 198 Å². The molecule has 124 heavy (non-hydrogen) atoms. The summed E-state index contributed by atoms with van der Waals surface area (Å²) < 4.78 is 10.0. The summed E-state index contributed by atoms with van der Waals surface area (Å²) in [5.41, 5.74) is 40.7. The highest BCUT2D eigenvalue weighted by atomic mass is 15.0. The normalized spacial score (nSPS) is 13.7. The molecule has 0 saturated heterocycles. The van der Waals surface area contributed by atoms with Crippen LogP contribution in [-0.2, 0) is 69.0 Å². The Bertz CT molecular complexity index is 6170. The minimum Gasteiger partial charge on any atom is -0.309 e. The zero-order valence-electron chi connectivity index (χ0n) is 78.0. The van der Waals surface area contributed by atoms with Crippen LogP contribution in [0.5, 0.6) is 0 Å². The van der Waals surface area contributed by atoms with E-state index in [0.717, 1.165) is 48.4 Å². The maximum absolute atomic E-state index is 2.60. The van der Waals surface area contributed by atoms with Gasteiger partial charge in [-0.3, -0.25) is 0 Å². The van der Waals surface area contributed by atoms with Gasteiger partial charge in [0, 0.05) is 65.8 Å². The van der Waals surface area contributed by atoms with Gasteiger partial charge >= 0.3 is 0 Å². The topological polar surface area (TPSA) is 19.7 Å². The molecule has 624 valence electrons. The van der Waals surface area contributed by atoms with Gasteiger partial charge in [0.1, 0.15) is 0 Å². The molecule has 0 fully saturated rings. The van der Waals surface area contributed by atoms with Gasteiger partial charge in [0.05, 0.1) is 44.1 Å². The minimum absolute atomic E-state index is 0.00194. The molecule has 4 aliphatic rings. The molecular weight excluding hydrogens is 1500 g/mol. The van der Waals surface area contributed by atoms with E-state index in [1.807, 2.05) is 0 Å². The SMILES string of the molecule is CC(C)(C)c1ccc2c(c1)c1cc(C(C)(C)C)ccc1n2-c1ccc(-c2cc3c(-c4ccc(-n5c6ccc(C(C)(C)C)cc6c6cc(C(C)(C)C)ccc65)cc4)cc2CCc2cc(-c4ccc(-n5c6ccc(C(C)(C)C)cc6c6cc(C(C)(C)C)ccc65)cc4)c(cc2-c2ccc(-n4c5ccc(C(C)(C)C)cc5c5cc(C(C)(C)C)ccc54)cc2)CC3)cc1. The predicted molar refractivity (Wildman–Crippen MR) is 536 cm³/mol. The van der Waals surface area contributed by atoms with Gasteiger partial charge in [0.15, 0.2) is 0 Å². The number of hydrogen-bond donors (Lipinski definition) is 0. The number of benzene rings is 14. The lowest BCUT2D eigenvalue weighted by Gasteiger charge is -2.23. The Kier molecular flexibility index (Phi) is 19.1. The molecule has 4 heterocycles. The summed E-state index contributed by atoms with van der Waals surface area (Å²) in [7, 11) is 0. The van der Waals surface area contributed by atoms with E-state index in [-0.39, 0.29) is 43.3 Å². The molecule has 4 heteroatoms. The first kappa shape index (κ1) is 81.9. The van der Waals surface area contributed by atoms with Gasteiger partial charge in [-0.25, -0.2) is 0 Å². The van der Waals surface area contributed by atoms with E-state index in [9.17, 15) is 0 Å². The largest absolute Gasteiger partial charge is 0.309 e. The second-order valence-electron chi connectivity index (χ2n) is 44.7. The summed E-state index contributed by atoms with van der Waals surface area (Å²) >= 11 is 0. The quantitative estimate of drug-likeness (QED) is 0.144. The molecule has 22 rings (SSSR count). The van der Waals surface area contributed by atoms with E-state index in [2.05, 4.69) is 451 Å². The highest BCUT2D eigenvalue weighted by Gasteiger charge is 2.30. The van der Waals surface area contributed by atoms with Crippen molar-refractivity contribution in [2.75, 3.05) is 0 Å². The second kappa shape index (κ2) is 28.9. The van der Waals surface area contributed by atoms with Crippen LogP contribution in [0.25, 0.3) is 154 Å². The average molecular weight is 1620 g/mol. The third-order valence-electron chi connectivity index (χ3n) is 27.7. The number of hydrogen-bond acceptors (Lipinski definition) is 0. The van der Waals surface area contributed by atoms with Crippen LogP contribution in [0.2, 0.25) is 0 Å². The average Bonchev–Trinajstić information content (AvgIpc) is 1.59. The molecule has 0 atom stereocenters. The molecule has 0 aliphatic heterocycles. The smallest absolute Gasteiger partial charge is 0.0541 e. The highest BCUT2D eigenvalue weighted by Crippen LogP contribution is 2.48.